The lowest BCUT2D eigenvalue weighted by Crippen LogP contribution is -2.47. The third kappa shape index (κ3) is 5.31. The molecule has 1 aliphatic heterocycles. The van der Waals surface area contributed by atoms with Crippen molar-refractivity contribution in [3.8, 4) is 0 Å². The maximum Gasteiger partial charge on any atom is 0.255 e. The standard InChI is InChI=1S/C25H24N4O3/c30-23-17-29(15-14-26-23)22-12-6-18(7-13-22)16-27-24(31)20-8-10-21(11-9-20)28-25(32)19-4-2-1-3-5-19/h1-13H,14-17H2,(H,26,30)(H,27,31)(H,28,32). The van der Waals surface area contributed by atoms with Crippen molar-refractivity contribution in [3.63, 3.8) is 0 Å². The molecule has 1 aliphatic rings. The van der Waals surface area contributed by atoms with Crippen LogP contribution in [0, 0.1) is 0 Å². The molecule has 7 nitrogen and oxygen atoms in total. The maximum absolute atomic E-state index is 12.5. The summed E-state index contributed by atoms with van der Waals surface area (Å²) in [6.45, 7) is 2.18. The number of benzene rings is 3. The van der Waals surface area contributed by atoms with Crippen molar-refractivity contribution in [3.05, 3.63) is 95.6 Å². The molecule has 0 aromatic heterocycles. The largest absolute Gasteiger partial charge is 0.360 e. The average Bonchev–Trinajstić information content (AvgIpc) is 2.84. The number of nitrogens with zero attached hydrogens (tertiary/aromatic N) is 1. The van der Waals surface area contributed by atoms with Crippen molar-refractivity contribution in [1.82, 2.24) is 10.6 Å². The number of hydrogen-bond acceptors (Lipinski definition) is 4. The molecule has 32 heavy (non-hydrogen) atoms. The highest BCUT2D eigenvalue weighted by atomic mass is 16.2. The van der Waals surface area contributed by atoms with Crippen LogP contribution < -0.4 is 20.9 Å². The topological polar surface area (TPSA) is 90.5 Å². The second-order valence-corrected chi connectivity index (χ2v) is 7.52. The molecule has 3 aromatic rings. The summed E-state index contributed by atoms with van der Waals surface area (Å²) in [7, 11) is 0. The zero-order valence-electron chi connectivity index (χ0n) is 17.5. The van der Waals surface area contributed by atoms with Gasteiger partial charge < -0.3 is 20.9 Å². The third-order valence-electron chi connectivity index (χ3n) is 5.23. The molecule has 3 N–H and O–H groups in total. The first-order valence-electron chi connectivity index (χ1n) is 10.4. The normalized spacial score (nSPS) is 13.2. The van der Waals surface area contributed by atoms with Gasteiger partial charge in [-0.15, -0.1) is 0 Å². The first kappa shape index (κ1) is 21.1. The van der Waals surface area contributed by atoms with E-state index in [1.54, 1.807) is 36.4 Å². The zero-order valence-corrected chi connectivity index (χ0v) is 17.5. The van der Waals surface area contributed by atoms with Gasteiger partial charge in [-0.25, -0.2) is 0 Å². The summed E-state index contributed by atoms with van der Waals surface area (Å²) in [5.74, 6) is -0.364. The number of carbonyl (C=O) groups is 3. The van der Waals surface area contributed by atoms with Gasteiger partial charge in [0.2, 0.25) is 5.91 Å². The van der Waals surface area contributed by atoms with Gasteiger partial charge in [0.25, 0.3) is 11.8 Å². The monoisotopic (exact) mass is 428 g/mol. The summed E-state index contributed by atoms with van der Waals surface area (Å²) in [5.41, 5.74) is 3.67. The van der Waals surface area contributed by atoms with Crippen LogP contribution in [0.4, 0.5) is 11.4 Å². The lowest BCUT2D eigenvalue weighted by atomic mass is 10.1. The highest BCUT2D eigenvalue weighted by Crippen LogP contribution is 2.16. The molecular weight excluding hydrogens is 404 g/mol. The molecule has 0 bridgehead atoms. The van der Waals surface area contributed by atoms with E-state index in [9.17, 15) is 14.4 Å². The summed E-state index contributed by atoms with van der Waals surface area (Å²) in [4.78, 5) is 38.3. The quantitative estimate of drug-likeness (QED) is 0.563. The van der Waals surface area contributed by atoms with Gasteiger partial charge in [-0.05, 0) is 54.1 Å². The highest BCUT2D eigenvalue weighted by Gasteiger charge is 2.16. The van der Waals surface area contributed by atoms with Crippen molar-refractivity contribution < 1.29 is 14.4 Å². The molecule has 162 valence electrons. The molecule has 1 saturated heterocycles. The van der Waals surface area contributed by atoms with Crippen LogP contribution in [-0.4, -0.2) is 37.4 Å². The van der Waals surface area contributed by atoms with Crippen LogP contribution in [0.1, 0.15) is 26.3 Å². The van der Waals surface area contributed by atoms with E-state index >= 15 is 0 Å². The molecule has 3 aromatic carbocycles. The molecule has 1 heterocycles. The van der Waals surface area contributed by atoms with Crippen LogP contribution in [0.5, 0.6) is 0 Å². The van der Waals surface area contributed by atoms with Gasteiger partial charge >= 0.3 is 0 Å². The second-order valence-electron chi connectivity index (χ2n) is 7.52. The van der Waals surface area contributed by atoms with Crippen molar-refractivity contribution in [2.75, 3.05) is 29.9 Å². The van der Waals surface area contributed by atoms with Crippen molar-refractivity contribution in [1.29, 1.82) is 0 Å². The van der Waals surface area contributed by atoms with Crippen molar-refractivity contribution in [2.24, 2.45) is 0 Å². The lowest BCUT2D eigenvalue weighted by molar-refractivity contribution is -0.120. The molecule has 7 heteroatoms. The van der Waals surface area contributed by atoms with E-state index in [0.717, 1.165) is 17.8 Å². The molecule has 0 aliphatic carbocycles. The minimum atomic E-state index is -0.198. The highest BCUT2D eigenvalue weighted by molar-refractivity contribution is 6.04. The molecular formula is C25H24N4O3. The Morgan fingerprint density at radius 2 is 1.53 bits per heavy atom. The molecule has 3 amide bonds. The van der Waals surface area contributed by atoms with Gasteiger partial charge in [-0.1, -0.05) is 30.3 Å². The summed E-state index contributed by atoms with van der Waals surface area (Å²) in [6, 6.07) is 23.6. The predicted molar refractivity (Wildman–Crippen MR) is 124 cm³/mol. The number of hydrogen-bond donors (Lipinski definition) is 3. The maximum atomic E-state index is 12.5. The molecule has 0 radical (unpaired) electrons. The van der Waals surface area contributed by atoms with Crippen LogP contribution in [0.25, 0.3) is 0 Å². The Labute approximate surface area is 186 Å². The molecule has 1 fully saturated rings. The van der Waals surface area contributed by atoms with Crippen LogP contribution in [0.15, 0.2) is 78.9 Å². The van der Waals surface area contributed by atoms with E-state index in [0.29, 0.717) is 36.4 Å². The van der Waals surface area contributed by atoms with Gasteiger partial charge in [0.15, 0.2) is 0 Å². The van der Waals surface area contributed by atoms with Crippen molar-refractivity contribution >= 4 is 29.1 Å². The van der Waals surface area contributed by atoms with Crippen LogP contribution in [0.3, 0.4) is 0 Å². The summed E-state index contributed by atoms with van der Waals surface area (Å²) >= 11 is 0. The fourth-order valence-electron chi connectivity index (χ4n) is 3.47. The Morgan fingerprint density at radius 3 is 2.22 bits per heavy atom. The number of rotatable bonds is 6. The van der Waals surface area contributed by atoms with Crippen molar-refractivity contribution in [2.45, 2.75) is 6.54 Å². The van der Waals surface area contributed by atoms with E-state index < -0.39 is 0 Å². The van der Waals surface area contributed by atoms with Crippen LogP contribution in [-0.2, 0) is 11.3 Å². The Hall–Kier alpha value is -4.13. The van der Waals surface area contributed by atoms with Gasteiger partial charge in [0.1, 0.15) is 0 Å². The first-order valence-corrected chi connectivity index (χ1v) is 10.4. The summed E-state index contributed by atoms with van der Waals surface area (Å²) < 4.78 is 0. The Kier molecular flexibility index (Phi) is 6.46. The van der Waals surface area contributed by atoms with Crippen LogP contribution in [0.2, 0.25) is 0 Å². The van der Waals surface area contributed by atoms with Gasteiger partial charge in [-0.3, -0.25) is 14.4 Å². The van der Waals surface area contributed by atoms with E-state index in [-0.39, 0.29) is 17.7 Å². The lowest BCUT2D eigenvalue weighted by Gasteiger charge is -2.28. The molecule has 0 spiro atoms. The fourth-order valence-corrected chi connectivity index (χ4v) is 3.47. The molecule has 0 unspecified atom stereocenters. The first-order chi connectivity index (χ1) is 15.6. The van der Waals surface area contributed by atoms with E-state index in [1.807, 2.05) is 47.4 Å². The van der Waals surface area contributed by atoms with Gasteiger partial charge in [-0.2, -0.15) is 0 Å². The zero-order chi connectivity index (χ0) is 22.3. The van der Waals surface area contributed by atoms with Gasteiger partial charge in [0, 0.05) is 42.1 Å². The number of carbonyl (C=O) groups excluding carboxylic acids is 3. The predicted octanol–water partition coefficient (Wildman–Crippen LogP) is 2.81. The van der Waals surface area contributed by atoms with Gasteiger partial charge in [0.05, 0.1) is 6.54 Å². The molecule has 0 atom stereocenters. The molecule has 4 rings (SSSR count). The number of nitrogens with one attached hydrogen (secondary N) is 3. The third-order valence-corrected chi connectivity index (χ3v) is 5.23. The average molecular weight is 428 g/mol. The fraction of sp³-hybridized carbons (Fsp3) is 0.160. The minimum absolute atomic E-state index is 0.0261. The SMILES string of the molecule is O=C1CN(c2ccc(CNC(=O)c3ccc(NC(=O)c4ccccc4)cc3)cc2)CCN1. The second kappa shape index (κ2) is 9.78. The number of amides is 3. The summed E-state index contributed by atoms with van der Waals surface area (Å²) in [5, 5.41) is 8.53. The Balaban J connectivity index is 1.29. The van der Waals surface area contributed by atoms with E-state index in [1.165, 1.54) is 0 Å². The summed E-state index contributed by atoms with van der Waals surface area (Å²) in [6.07, 6.45) is 0. The molecule has 0 saturated carbocycles. The smallest absolute Gasteiger partial charge is 0.255 e. The number of piperazine rings is 1. The Morgan fingerprint density at radius 1 is 0.844 bits per heavy atom. The Bertz CT molecular complexity index is 1100. The van der Waals surface area contributed by atoms with E-state index in [4.69, 9.17) is 0 Å². The minimum Gasteiger partial charge on any atom is -0.360 e. The number of anilines is 2. The van der Waals surface area contributed by atoms with E-state index in [2.05, 4.69) is 16.0 Å². The van der Waals surface area contributed by atoms with Crippen LogP contribution >= 0.6 is 0 Å².